The molecular formula is CeEuLaMoNdOSm. The first kappa shape index (κ1) is 36.7. The summed E-state index contributed by atoms with van der Waals surface area (Å²) >= 11 is 0.0556. The van der Waals surface area contributed by atoms with E-state index in [0.29, 0.717) is 0 Å². The van der Waals surface area contributed by atoms with Gasteiger partial charge in [0.1, 0.15) is 0 Å². The fourth-order valence-corrected chi connectivity index (χ4v) is 0. The van der Waals surface area contributed by atoms with Crippen molar-refractivity contribution in [1.82, 2.24) is 0 Å². The zero-order valence-electron chi connectivity index (χ0n) is 3.18. The van der Waals surface area contributed by atoms with Crippen LogP contribution in [0.25, 0.3) is 0 Å². The molecule has 1 nitrogen and oxygen atoms in total. The Morgan fingerprint density at radius 3 is 1.14 bits per heavy atom. The molecule has 0 aliphatic heterocycles. The summed E-state index contributed by atoms with van der Waals surface area (Å²) in [5, 5.41) is 0. The smallest absolute Gasteiger partial charge is 0 e. The van der Waals surface area contributed by atoms with Gasteiger partial charge in [-0.05, 0) is 0 Å². The average Bonchev–Trinajstić information content (AvgIpc) is 1.00. The molecule has 0 fully saturated rings. The summed E-state index contributed by atoms with van der Waals surface area (Å²) in [5.41, 5.74) is 0. The second kappa shape index (κ2) is 37.7. The van der Waals surface area contributed by atoms with Gasteiger partial charge in [-0.25, -0.2) is 0 Å². The van der Waals surface area contributed by atoms with E-state index in [1.54, 1.807) is 0 Å². The molecule has 0 aromatic carbocycles. The third-order valence-electron chi connectivity index (χ3n) is 0. The molecule has 0 aromatic heterocycles. The topological polar surface area (TPSA) is 17.1 Å². The fraction of sp³-hybridized carbons (Fsp3) is 0. The molecule has 2 radical (unpaired) electrons. The quantitative estimate of drug-likeness (QED) is 0.312. The van der Waals surface area contributed by atoms with E-state index in [2.05, 4.69) is 0 Å². The minimum atomic E-state index is 0. The van der Waals surface area contributed by atoms with Crippen LogP contribution < -0.4 is 0 Å². The van der Waals surface area contributed by atoms with Crippen molar-refractivity contribution < 1.29 is 228 Å². The fourth-order valence-electron chi connectivity index (χ4n) is 0. The summed E-state index contributed by atoms with van der Waals surface area (Å²) in [5.74, 6) is 0. The Balaban J connectivity index is -0.000000000500. The first-order valence-corrected chi connectivity index (χ1v) is 1.49. The van der Waals surface area contributed by atoms with E-state index in [0.717, 1.165) is 0 Å². The van der Waals surface area contributed by atoms with Gasteiger partial charge in [-0.2, -0.15) is 0 Å². The van der Waals surface area contributed by atoms with Crippen LogP contribution in [0.15, 0.2) is 0 Å². The number of hydrogen-bond donors (Lipinski definition) is 0. The van der Waals surface area contributed by atoms with Gasteiger partial charge < -0.3 is 0 Å². The van der Waals surface area contributed by atoms with Crippen molar-refractivity contribution in [3.8, 4) is 0 Å². The van der Waals surface area contributed by atoms with Gasteiger partial charge in [0.2, 0.25) is 0 Å². The van der Waals surface area contributed by atoms with Gasteiger partial charge in [0, 0.05) is 187 Å². The summed E-state index contributed by atoms with van der Waals surface area (Å²) in [7, 11) is 0. The molecule has 0 N–H and O–H groups in total. The maximum absolute atomic E-state index is 8.39. The predicted octanol–water partition coefficient (Wildman–Crippen LogP) is -0.121. The molecular weight excluding hydrogens is 838 g/mol. The third-order valence-corrected chi connectivity index (χ3v) is 0. The molecule has 0 heterocycles. The van der Waals surface area contributed by atoms with Gasteiger partial charge in [-0.1, -0.05) is 0 Å². The maximum atomic E-state index is 8.39. The van der Waals surface area contributed by atoms with Crippen LogP contribution >= 0.6 is 0 Å². The normalized spacial score (nSPS) is 0.429. The van der Waals surface area contributed by atoms with Crippen LogP contribution in [0.5, 0.6) is 0 Å². The van der Waals surface area contributed by atoms with Crippen molar-refractivity contribution >= 4 is 0 Å². The zero-order chi connectivity index (χ0) is 2.00. The van der Waals surface area contributed by atoms with E-state index in [4.69, 9.17) is 0.938 Å². The molecule has 7 heteroatoms. The van der Waals surface area contributed by atoms with Crippen LogP contribution in [-0.4, -0.2) is 0 Å². The van der Waals surface area contributed by atoms with Crippen molar-refractivity contribution in [3.05, 3.63) is 0 Å². The van der Waals surface area contributed by atoms with Gasteiger partial charge in [-0.15, -0.1) is 0 Å². The molecule has 0 atom stereocenters. The first-order chi connectivity index (χ1) is 1.00. The van der Waals surface area contributed by atoms with Gasteiger partial charge in [0.05, 0.1) is 0 Å². The standard InChI is InChI=1S/Ce.Eu.La.Mo.Nd.O.Sm. The Labute approximate surface area is 219 Å². The van der Waals surface area contributed by atoms with Crippen LogP contribution in [0.3, 0.4) is 0 Å². The SMILES string of the molecule is [Eu].[La].[Mo].[Nd].[O]=[Ce].[Sm]. The Bertz CT molecular complexity index is 19.7. The number of rotatable bonds is 0. The van der Waals surface area contributed by atoms with Crippen LogP contribution in [-0.2, 0) is 22.0 Å². The van der Waals surface area contributed by atoms with Gasteiger partial charge in [0.25, 0.3) is 0 Å². The molecule has 0 amide bonds. The van der Waals surface area contributed by atoms with Crippen molar-refractivity contribution in [2.75, 3.05) is 0 Å². The second-order valence-electron chi connectivity index (χ2n) is 0. The molecule has 0 aromatic rings. The summed E-state index contributed by atoms with van der Waals surface area (Å²) < 4.78 is 8.39. The van der Waals surface area contributed by atoms with Crippen LogP contribution in [0, 0.1) is 206 Å². The van der Waals surface area contributed by atoms with Crippen molar-refractivity contribution in [1.29, 1.82) is 0 Å². The van der Waals surface area contributed by atoms with Crippen molar-refractivity contribution in [2.45, 2.75) is 0 Å². The van der Waals surface area contributed by atoms with E-state index < -0.39 is 0 Å². The Morgan fingerprint density at radius 2 is 1.14 bits per heavy atom. The zero-order valence-corrected chi connectivity index (χ0v) is 20.2. The summed E-state index contributed by atoms with van der Waals surface area (Å²) in [4.78, 5) is 0. The van der Waals surface area contributed by atoms with Gasteiger partial charge in [0.15, 0.2) is 0 Å². The van der Waals surface area contributed by atoms with Crippen LogP contribution in [0.2, 0.25) is 0 Å². The largest absolute Gasteiger partial charge is 0 e. The molecule has 0 spiro atoms. The monoisotopic (exact) mass is 839 g/mol. The third kappa shape index (κ3) is 31.8. The van der Waals surface area contributed by atoms with Crippen LogP contribution in [0.1, 0.15) is 0 Å². The summed E-state index contributed by atoms with van der Waals surface area (Å²) in [6.07, 6.45) is 0. The van der Waals surface area contributed by atoms with E-state index in [-0.39, 0.29) is 227 Å². The Hall–Kier alpha value is 7.33. The Kier molecular flexibility index (Phi) is 198. The first-order valence-electron chi connectivity index (χ1n) is 0.204. The minimum absolute atomic E-state index is 0. The maximum Gasteiger partial charge on any atom is 0 e. The molecule has 0 saturated heterocycles. The van der Waals surface area contributed by atoms with Gasteiger partial charge >= 0.3 is 40.7 Å². The summed E-state index contributed by atoms with van der Waals surface area (Å²) in [6, 6.07) is 0. The molecule has 7 heavy (non-hydrogen) atoms. The van der Waals surface area contributed by atoms with E-state index in [9.17, 15) is 0 Å². The van der Waals surface area contributed by atoms with Gasteiger partial charge in [-0.3, -0.25) is 0 Å². The molecule has 36 valence electrons. The summed E-state index contributed by atoms with van der Waals surface area (Å²) in [6.45, 7) is 0. The van der Waals surface area contributed by atoms with Crippen molar-refractivity contribution in [2.24, 2.45) is 0 Å². The molecule has 0 aliphatic rings. The second-order valence-corrected chi connectivity index (χ2v) is 0. The molecule has 0 saturated carbocycles. The molecule has 0 rings (SSSR count). The predicted molar refractivity (Wildman–Crippen MR) is 0.686 cm³/mol. The molecule has 0 aliphatic carbocycles. The molecule has 0 unspecified atom stereocenters. The Morgan fingerprint density at radius 1 is 1.14 bits per heavy atom. The van der Waals surface area contributed by atoms with E-state index >= 15 is 0 Å². The number of hydrogen-bond acceptors (Lipinski definition) is 1. The van der Waals surface area contributed by atoms with E-state index in [1.807, 2.05) is 0 Å². The average molecular weight is 838 g/mol. The van der Waals surface area contributed by atoms with E-state index in [1.165, 1.54) is 0 Å². The minimum Gasteiger partial charge on any atom is 0 e. The molecule has 0 bridgehead atoms. The van der Waals surface area contributed by atoms with Crippen LogP contribution in [0.4, 0.5) is 0 Å². The van der Waals surface area contributed by atoms with Crippen molar-refractivity contribution in [3.63, 3.8) is 0 Å².